The van der Waals surface area contributed by atoms with E-state index in [-0.39, 0.29) is 11.8 Å². The summed E-state index contributed by atoms with van der Waals surface area (Å²) in [5.74, 6) is 0.526. The van der Waals surface area contributed by atoms with Gasteiger partial charge in [0.05, 0.1) is 17.9 Å². The molecule has 0 aliphatic carbocycles. The van der Waals surface area contributed by atoms with Crippen molar-refractivity contribution in [2.24, 2.45) is 5.92 Å². The maximum Gasteiger partial charge on any atom is 0.255 e. The zero-order valence-electron chi connectivity index (χ0n) is 17.9. The highest BCUT2D eigenvalue weighted by atomic mass is 16.5. The Morgan fingerprint density at radius 2 is 1.61 bits per heavy atom. The summed E-state index contributed by atoms with van der Waals surface area (Å²) >= 11 is 0. The highest BCUT2D eigenvalue weighted by molar-refractivity contribution is 6.09. The van der Waals surface area contributed by atoms with Gasteiger partial charge in [0.2, 0.25) is 0 Å². The molecule has 0 atom stereocenters. The first-order valence-electron chi connectivity index (χ1n) is 10.5. The first-order chi connectivity index (χ1) is 15.0. The second-order valence-corrected chi connectivity index (χ2v) is 7.72. The summed E-state index contributed by atoms with van der Waals surface area (Å²) in [5.41, 5.74) is 2.53. The van der Waals surface area contributed by atoms with Crippen molar-refractivity contribution in [3.05, 3.63) is 95.6 Å². The van der Waals surface area contributed by atoms with Gasteiger partial charge in [-0.1, -0.05) is 62.4 Å². The van der Waals surface area contributed by atoms with Gasteiger partial charge >= 0.3 is 0 Å². The summed E-state index contributed by atoms with van der Waals surface area (Å²) in [6, 6.07) is 24.0. The summed E-state index contributed by atoms with van der Waals surface area (Å²) in [7, 11) is 0. The third-order valence-electron chi connectivity index (χ3n) is 4.64. The topological polar surface area (TPSA) is 67.4 Å². The van der Waals surface area contributed by atoms with Gasteiger partial charge in [-0.2, -0.15) is 0 Å². The predicted octanol–water partition coefficient (Wildman–Crippen LogP) is 4.95. The summed E-state index contributed by atoms with van der Waals surface area (Å²) in [4.78, 5) is 25.5. The molecule has 0 aliphatic rings. The third-order valence-corrected chi connectivity index (χ3v) is 4.64. The molecule has 31 heavy (non-hydrogen) atoms. The van der Waals surface area contributed by atoms with Gasteiger partial charge in [-0.25, -0.2) is 0 Å². The summed E-state index contributed by atoms with van der Waals surface area (Å²) in [6.07, 6.45) is 0.740. The van der Waals surface area contributed by atoms with Crippen LogP contribution in [-0.2, 0) is 6.42 Å². The molecule has 3 aromatic rings. The van der Waals surface area contributed by atoms with E-state index in [1.807, 2.05) is 36.4 Å². The molecule has 0 fully saturated rings. The number of ether oxygens (including phenoxy) is 1. The Kier molecular flexibility index (Phi) is 7.82. The van der Waals surface area contributed by atoms with E-state index in [1.54, 1.807) is 42.5 Å². The van der Waals surface area contributed by atoms with E-state index < -0.39 is 0 Å². The van der Waals surface area contributed by atoms with Crippen LogP contribution in [0.1, 0.15) is 40.1 Å². The van der Waals surface area contributed by atoms with Crippen molar-refractivity contribution >= 4 is 17.5 Å². The molecule has 0 spiro atoms. The maximum atomic E-state index is 12.8. The first kappa shape index (κ1) is 22.1. The lowest BCUT2D eigenvalue weighted by atomic mass is 10.1. The molecule has 0 aromatic heterocycles. The van der Waals surface area contributed by atoms with Crippen molar-refractivity contribution in [1.82, 2.24) is 5.32 Å². The van der Waals surface area contributed by atoms with Crippen LogP contribution in [0.25, 0.3) is 0 Å². The highest BCUT2D eigenvalue weighted by Gasteiger charge is 2.14. The molecule has 0 unspecified atom stereocenters. The number of nitrogens with one attached hydrogen (secondary N) is 2. The second kappa shape index (κ2) is 11.0. The standard InChI is InChI=1S/C26H28N2O3/c1-19(2)18-31-22-12-8-11-21(17-22)25(29)28-24-14-7-6-13-23(24)26(30)27-16-15-20-9-4-3-5-10-20/h3-14,17,19H,15-16,18H2,1-2H3,(H,27,30)(H,28,29). The van der Waals surface area contributed by atoms with Gasteiger partial charge in [0.15, 0.2) is 0 Å². The van der Waals surface area contributed by atoms with Crippen LogP contribution in [0.3, 0.4) is 0 Å². The fraction of sp³-hybridized carbons (Fsp3) is 0.231. The van der Waals surface area contributed by atoms with Gasteiger partial charge in [0, 0.05) is 12.1 Å². The molecule has 3 aromatic carbocycles. The minimum atomic E-state index is -0.292. The third kappa shape index (κ3) is 6.71. The van der Waals surface area contributed by atoms with Crippen LogP contribution in [0.4, 0.5) is 5.69 Å². The lowest BCUT2D eigenvalue weighted by Crippen LogP contribution is -2.27. The predicted molar refractivity (Wildman–Crippen MR) is 124 cm³/mol. The van der Waals surface area contributed by atoms with Crippen LogP contribution in [0.15, 0.2) is 78.9 Å². The average Bonchev–Trinajstić information content (AvgIpc) is 2.79. The molecule has 5 heteroatoms. The molecule has 2 amide bonds. The molecule has 0 radical (unpaired) electrons. The number of carbonyl (C=O) groups excluding carboxylic acids is 2. The Labute approximate surface area is 183 Å². The molecule has 160 valence electrons. The Morgan fingerprint density at radius 1 is 0.871 bits per heavy atom. The zero-order chi connectivity index (χ0) is 22.1. The molecule has 0 aliphatic heterocycles. The number of rotatable bonds is 9. The van der Waals surface area contributed by atoms with E-state index >= 15 is 0 Å². The van der Waals surface area contributed by atoms with Gasteiger partial charge in [0.1, 0.15) is 5.75 Å². The van der Waals surface area contributed by atoms with Crippen LogP contribution in [0.5, 0.6) is 5.75 Å². The van der Waals surface area contributed by atoms with E-state index in [0.717, 1.165) is 12.0 Å². The van der Waals surface area contributed by atoms with Crippen LogP contribution < -0.4 is 15.4 Å². The molecule has 5 nitrogen and oxygen atoms in total. The monoisotopic (exact) mass is 416 g/mol. The molecule has 0 heterocycles. The lowest BCUT2D eigenvalue weighted by Gasteiger charge is -2.13. The largest absolute Gasteiger partial charge is 0.493 e. The molecular formula is C26H28N2O3. The average molecular weight is 417 g/mol. The fourth-order valence-electron chi connectivity index (χ4n) is 3.03. The molecule has 0 saturated heterocycles. The van der Waals surface area contributed by atoms with Gasteiger partial charge in [-0.05, 0) is 48.2 Å². The molecule has 3 rings (SSSR count). The SMILES string of the molecule is CC(C)COc1cccc(C(=O)Nc2ccccc2C(=O)NCCc2ccccc2)c1. The number of para-hydroxylation sites is 1. The normalized spacial score (nSPS) is 10.5. The van der Waals surface area contributed by atoms with Crippen LogP contribution in [0.2, 0.25) is 0 Å². The second-order valence-electron chi connectivity index (χ2n) is 7.72. The number of carbonyl (C=O) groups is 2. The van der Waals surface area contributed by atoms with Crippen molar-refractivity contribution < 1.29 is 14.3 Å². The van der Waals surface area contributed by atoms with Gasteiger partial charge in [0.25, 0.3) is 11.8 Å². The maximum absolute atomic E-state index is 12.8. The minimum Gasteiger partial charge on any atom is -0.493 e. The number of amides is 2. The number of hydrogen-bond acceptors (Lipinski definition) is 3. The summed E-state index contributed by atoms with van der Waals surface area (Å²) in [5, 5.41) is 5.78. The van der Waals surface area contributed by atoms with Crippen molar-refractivity contribution in [2.75, 3.05) is 18.5 Å². The number of anilines is 1. The molecule has 0 saturated carbocycles. The van der Waals surface area contributed by atoms with Gasteiger partial charge in [-0.3, -0.25) is 9.59 Å². The lowest BCUT2D eigenvalue weighted by molar-refractivity contribution is 0.0955. The van der Waals surface area contributed by atoms with Crippen molar-refractivity contribution in [2.45, 2.75) is 20.3 Å². The zero-order valence-corrected chi connectivity index (χ0v) is 17.9. The van der Waals surface area contributed by atoms with Gasteiger partial charge in [-0.15, -0.1) is 0 Å². The van der Waals surface area contributed by atoms with Crippen molar-refractivity contribution in [3.8, 4) is 5.75 Å². The smallest absolute Gasteiger partial charge is 0.255 e. The van der Waals surface area contributed by atoms with Crippen LogP contribution in [0, 0.1) is 5.92 Å². The van der Waals surface area contributed by atoms with E-state index in [4.69, 9.17) is 4.74 Å². The van der Waals surface area contributed by atoms with E-state index in [2.05, 4.69) is 24.5 Å². The van der Waals surface area contributed by atoms with E-state index in [1.165, 1.54) is 0 Å². The number of benzene rings is 3. The Bertz CT molecular complexity index is 1020. The fourth-order valence-corrected chi connectivity index (χ4v) is 3.03. The molecular weight excluding hydrogens is 388 g/mol. The molecule has 0 bridgehead atoms. The first-order valence-corrected chi connectivity index (χ1v) is 10.5. The quantitative estimate of drug-likeness (QED) is 0.519. The Balaban J connectivity index is 1.64. The summed E-state index contributed by atoms with van der Waals surface area (Å²) in [6.45, 7) is 5.23. The van der Waals surface area contributed by atoms with Gasteiger partial charge < -0.3 is 15.4 Å². The molecule has 2 N–H and O–H groups in total. The Morgan fingerprint density at radius 3 is 2.39 bits per heavy atom. The minimum absolute atomic E-state index is 0.221. The van der Waals surface area contributed by atoms with Crippen molar-refractivity contribution in [3.63, 3.8) is 0 Å². The van der Waals surface area contributed by atoms with E-state index in [9.17, 15) is 9.59 Å². The van der Waals surface area contributed by atoms with E-state index in [0.29, 0.717) is 41.6 Å². The Hall–Kier alpha value is -3.60. The summed E-state index contributed by atoms with van der Waals surface area (Å²) < 4.78 is 5.71. The van der Waals surface area contributed by atoms with Crippen molar-refractivity contribution in [1.29, 1.82) is 0 Å². The number of hydrogen-bond donors (Lipinski definition) is 2. The highest BCUT2D eigenvalue weighted by Crippen LogP contribution is 2.19. The van der Waals surface area contributed by atoms with Crippen LogP contribution >= 0.6 is 0 Å². The van der Waals surface area contributed by atoms with Crippen LogP contribution in [-0.4, -0.2) is 25.0 Å².